The van der Waals surface area contributed by atoms with Gasteiger partial charge in [-0.3, -0.25) is 13.8 Å². The first kappa shape index (κ1) is 86.2. The normalized spacial score (nSPS) is 13.5. The molecule has 0 aromatic heterocycles. The van der Waals surface area contributed by atoms with E-state index in [0.29, 0.717) is 23.9 Å². The lowest BCUT2D eigenvalue weighted by Gasteiger charge is -2.26. The molecule has 8 nitrogen and oxygen atoms in total. The van der Waals surface area contributed by atoms with Crippen LogP contribution in [0.15, 0.2) is 12.2 Å². The fourth-order valence-corrected chi connectivity index (χ4v) is 13.4. The van der Waals surface area contributed by atoms with Crippen LogP contribution < -0.4 is 5.32 Å². The molecule has 0 aliphatic heterocycles. The maximum absolute atomic E-state index is 13.1. The molecular weight excluding hydrogens is 1090 g/mol. The summed E-state index contributed by atoms with van der Waals surface area (Å²) in [7, 11) is 1.64. The van der Waals surface area contributed by atoms with E-state index in [2.05, 4.69) is 31.3 Å². The third-order valence-electron chi connectivity index (χ3n) is 18.8. The molecule has 0 aromatic rings. The minimum Gasteiger partial charge on any atom is -0.391 e. The molecule has 0 aliphatic carbocycles. The monoisotopic (exact) mass is 1250 g/mol. The number of rotatable bonds is 75. The van der Waals surface area contributed by atoms with E-state index in [1.54, 1.807) is 0 Å². The van der Waals surface area contributed by atoms with Crippen molar-refractivity contribution in [1.29, 1.82) is 0 Å². The predicted octanol–water partition coefficient (Wildman–Crippen LogP) is 25.6. The molecule has 9 heteroatoms. The average molecular weight is 1250 g/mol. The number of quaternary nitrogens is 1. The second-order valence-electron chi connectivity index (χ2n) is 28.8. The molecule has 520 valence electrons. The molecule has 0 fully saturated rings. The Kier molecular flexibility index (Phi) is 69.0. The molecular formula is C78H158N2O6P+. The number of phosphoric acid groups is 1. The largest absolute Gasteiger partial charge is 0.472 e. The lowest BCUT2D eigenvalue weighted by Crippen LogP contribution is -2.46. The maximum atomic E-state index is 13.1. The van der Waals surface area contributed by atoms with Gasteiger partial charge in [-0.05, 0) is 38.5 Å². The number of likely N-dealkylation sites (N-methyl/N-ethyl adjacent to an activating group) is 1. The fraction of sp³-hybridized carbons (Fsp3) is 0.962. The summed E-state index contributed by atoms with van der Waals surface area (Å²) in [5.41, 5.74) is 0. The van der Waals surface area contributed by atoms with Gasteiger partial charge in [-0.1, -0.05) is 398 Å². The Morgan fingerprint density at radius 2 is 0.621 bits per heavy atom. The Labute approximate surface area is 545 Å². The summed E-state index contributed by atoms with van der Waals surface area (Å²) in [5.74, 6) is -0.133. The highest BCUT2D eigenvalue weighted by Crippen LogP contribution is 2.43. The number of nitrogens with one attached hydrogen (secondary N) is 1. The van der Waals surface area contributed by atoms with Gasteiger partial charge in [0.15, 0.2) is 0 Å². The van der Waals surface area contributed by atoms with E-state index < -0.39 is 20.0 Å². The Balaban J connectivity index is 3.88. The van der Waals surface area contributed by atoms with Crippen molar-refractivity contribution in [2.24, 2.45) is 0 Å². The van der Waals surface area contributed by atoms with Crippen LogP contribution in [0.3, 0.4) is 0 Å². The van der Waals surface area contributed by atoms with Crippen molar-refractivity contribution in [3.63, 3.8) is 0 Å². The number of hydrogen-bond donors (Lipinski definition) is 3. The van der Waals surface area contributed by atoms with Gasteiger partial charge in [0.05, 0.1) is 39.9 Å². The van der Waals surface area contributed by atoms with Gasteiger partial charge in [0, 0.05) is 6.42 Å². The van der Waals surface area contributed by atoms with Crippen molar-refractivity contribution in [2.45, 2.75) is 443 Å². The second kappa shape index (κ2) is 69.6. The third kappa shape index (κ3) is 72.5. The number of amides is 1. The average Bonchev–Trinajstić information content (AvgIpc) is 3.69. The highest BCUT2D eigenvalue weighted by molar-refractivity contribution is 7.47. The molecule has 3 unspecified atom stereocenters. The van der Waals surface area contributed by atoms with Crippen LogP contribution in [-0.2, 0) is 18.4 Å². The molecule has 0 aliphatic rings. The van der Waals surface area contributed by atoms with E-state index in [4.69, 9.17) is 9.05 Å². The summed E-state index contributed by atoms with van der Waals surface area (Å²) in [4.78, 5) is 23.5. The van der Waals surface area contributed by atoms with Crippen LogP contribution in [0.1, 0.15) is 431 Å². The van der Waals surface area contributed by atoms with Crippen molar-refractivity contribution in [3.05, 3.63) is 12.2 Å². The molecule has 0 saturated heterocycles. The van der Waals surface area contributed by atoms with Crippen LogP contribution in [0.25, 0.3) is 0 Å². The van der Waals surface area contributed by atoms with Gasteiger partial charge >= 0.3 is 7.82 Å². The van der Waals surface area contributed by atoms with Crippen LogP contribution in [0.5, 0.6) is 0 Å². The lowest BCUT2D eigenvalue weighted by atomic mass is 10.0. The van der Waals surface area contributed by atoms with E-state index in [1.807, 2.05) is 21.1 Å². The first-order valence-corrected chi connectivity index (χ1v) is 41.0. The maximum Gasteiger partial charge on any atom is 0.472 e. The molecule has 0 rings (SSSR count). The van der Waals surface area contributed by atoms with Gasteiger partial charge < -0.3 is 19.8 Å². The molecule has 0 bridgehead atoms. The van der Waals surface area contributed by atoms with Gasteiger partial charge in [-0.2, -0.15) is 0 Å². The summed E-state index contributed by atoms with van der Waals surface area (Å²) in [5, 5.41) is 14.2. The number of phosphoric ester groups is 1. The zero-order valence-electron chi connectivity index (χ0n) is 59.8. The van der Waals surface area contributed by atoms with Gasteiger partial charge in [-0.15, -0.1) is 0 Å². The zero-order chi connectivity index (χ0) is 63.4. The standard InChI is InChI=1S/C78H157N2O6P/c1-6-8-10-12-14-16-18-20-22-24-26-28-30-32-34-35-36-37-38-39-40-41-42-43-44-45-46-48-50-52-54-56-58-60-62-64-66-68-70-72-78(82)79-76(75-86-87(83,84)85-74-73-80(3,4)5)77(81)71-69-67-65-63-61-59-57-55-53-51-49-47-33-31-29-27-25-23-21-19-17-15-13-11-9-7-2/h24,26,76-77,81H,6-23,25,27-75H2,1-5H3,(H-,79,82,83,84)/p+1/b26-24-. The van der Waals surface area contributed by atoms with Gasteiger partial charge in [0.1, 0.15) is 13.2 Å². The Bertz CT molecular complexity index is 1420. The first-order chi connectivity index (χ1) is 42.5. The minimum absolute atomic E-state index is 0.0789. The summed E-state index contributed by atoms with van der Waals surface area (Å²) >= 11 is 0. The Hall–Kier alpha value is -0.760. The molecule has 0 saturated carbocycles. The van der Waals surface area contributed by atoms with Crippen LogP contribution in [0, 0.1) is 0 Å². The van der Waals surface area contributed by atoms with Crippen LogP contribution >= 0.6 is 7.82 Å². The zero-order valence-corrected chi connectivity index (χ0v) is 60.7. The van der Waals surface area contributed by atoms with Gasteiger partial charge in [-0.25, -0.2) is 4.57 Å². The number of nitrogens with zero attached hydrogens (tertiary/aromatic N) is 1. The molecule has 3 atom stereocenters. The fourth-order valence-electron chi connectivity index (χ4n) is 12.6. The smallest absolute Gasteiger partial charge is 0.391 e. The lowest BCUT2D eigenvalue weighted by molar-refractivity contribution is -0.870. The Morgan fingerprint density at radius 1 is 0.379 bits per heavy atom. The number of aliphatic hydroxyl groups excluding tert-OH is 1. The molecule has 3 N–H and O–H groups in total. The summed E-state index contributed by atoms with van der Waals surface area (Å²) < 4.78 is 23.9. The molecule has 87 heavy (non-hydrogen) atoms. The first-order valence-electron chi connectivity index (χ1n) is 39.6. The highest BCUT2D eigenvalue weighted by Gasteiger charge is 2.28. The summed E-state index contributed by atoms with van der Waals surface area (Å²) in [6.07, 6.45) is 90.8. The molecule has 0 spiro atoms. The predicted molar refractivity (Wildman–Crippen MR) is 383 cm³/mol. The molecule has 0 aromatic carbocycles. The van der Waals surface area contributed by atoms with Crippen molar-refractivity contribution >= 4 is 13.7 Å². The number of carbonyl (C=O) groups excluding carboxylic acids is 1. The second-order valence-corrected chi connectivity index (χ2v) is 30.3. The van der Waals surface area contributed by atoms with Crippen LogP contribution in [0.2, 0.25) is 0 Å². The van der Waals surface area contributed by atoms with Crippen molar-refractivity contribution in [3.8, 4) is 0 Å². The number of aliphatic hydroxyl groups is 1. The van der Waals surface area contributed by atoms with Crippen molar-refractivity contribution in [1.82, 2.24) is 5.32 Å². The quantitative estimate of drug-likeness (QED) is 0.0243. The number of allylic oxidation sites excluding steroid dienone is 2. The summed E-state index contributed by atoms with van der Waals surface area (Å²) in [6, 6.07) is -0.758. The summed E-state index contributed by atoms with van der Waals surface area (Å²) in [6.45, 7) is 4.97. The SMILES string of the molecule is CCCCCCCCCC/C=C\CCCCCCCCCCCCCCCCCCCCCCCCCCCCCC(=O)NC(COP(=O)(O)OCC[N+](C)(C)C)C(O)CCCCCCCCCCCCCCCCCCCCCCCCCCCC. The molecule has 1 amide bonds. The van der Waals surface area contributed by atoms with Crippen LogP contribution in [-0.4, -0.2) is 73.4 Å². The van der Waals surface area contributed by atoms with E-state index in [0.717, 1.165) is 38.5 Å². The van der Waals surface area contributed by atoms with Crippen molar-refractivity contribution in [2.75, 3.05) is 40.9 Å². The number of carbonyl (C=O) groups is 1. The van der Waals surface area contributed by atoms with Gasteiger partial charge in [0.25, 0.3) is 0 Å². The van der Waals surface area contributed by atoms with E-state index in [1.165, 1.54) is 366 Å². The van der Waals surface area contributed by atoms with E-state index in [-0.39, 0.29) is 19.1 Å². The Morgan fingerprint density at radius 3 is 0.885 bits per heavy atom. The van der Waals surface area contributed by atoms with Crippen LogP contribution in [0.4, 0.5) is 0 Å². The number of hydrogen-bond acceptors (Lipinski definition) is 5. The topological polar surface area (TPSA) is 105 Å². The number of unbranched alkanes of at least 4 members (excludes halogenated alkanes) is 60. The van der Waals surface area contributed by atoms with E-state index >= 15 is 0 Å². The van der Waals surface area contributed by atoms with Crippen molar-refractivity contribution < 1.29 is 32.9 Å². The highest BCUT2D eigenvalue weighted by atomic mass is 31.2. The molecule has 0 radical (unpaired) electrons. The minimum atomic E-state index is -4.33. The van der Waals surface area contributed by atoms with E-state index in [9.17, 15) is 19.4 Å². The third-order valence-corrected chi connectivity index (χ3v) is 19.7. The van der Waals surface area contributed by atoms with Gasteiger partial charge in [0.2, 0.25) is 5.91 Å². The molecule has 0 heterocycles.